The summed E-state index contributed by atoms with van der Waals surface area (Å²) in [6.45, 7) is 0.846. The average Bonchev–Trinajstić information content (AvgIpc) is 2.49. The lowest BCUT2D eigenvalue weighted by Gasteiger charge is -2.10. The van der Waals surface area contributed by atoms with Crippen molar-refractivity contribution in [2.45, 2.75) is 38.9 Å². The number of nitrogens with one attached hydrogen (secondary N) is 1. The molecule has 0 aliphatic carbocycles. The quantitative estimate of drug-likeness (QED) is 0.494. The molecule has 6 heteroatoms. The molecule has 0 aromatic heterocycles. The molecule has 1 rings (SSSR count). The van der Waals surface area contributed by atoms with Crippen molar-refractivity contribution in [2.75, 3.05) is 13.2 Å². The number of amides is 1. The van der Waals surface area contributed by atoms with Gasteiger partial charge in [-0.05, 0) is 36.1 Å². The van der Waals surface area contributed by atoms with Gasteiger partial charge >= 0.3 is 6.09 Å². The summed E-state index contributed by atoms with van der Waals surface area (Å²) in [7, 11) is 0. The van der Waals surface area contributed by atoms with Crippen LogP contribution in [0, 0.1) is 0 Å². The molecule has 21 heavy (non-hydrogen) atoms. The molecule has 0 spiro atoms. The van der Waals surface area contributed by atoms with Gasteiger partial charge in [0, 0.05) is 6.54 Å². The number of ether oxygens (including phenoxy) is 1. The first-order chi connectivity index (χ1) is 10.2. The summed E-state index contributed by atoms with van der Waals surface area (Å²) in [6, 6.07) is 5.27. The van der Waals surface area contributed by atoms with Crippen molar-refractivity contribution in [3.05, 3.63) is 29.3 Å². The molecule has 0 bridgehead atoms. The Labute approximate surface area is 124 Å². The van der Waals surface area contributed by atoms with Gasteiger partial charge < -0.3 is 25.4 Å². The molecule has 1 aromatic carbocycles. The number of hydrogen-bond donors (Lipinski definition) is 4. The van der Waals surface area contributed by atoms with Crippen LogP contribution in [0.2, 0.25) is 0 Å². The third kappa shape index (κ3) is 6.97. The van der Waals surface area contributed by atoms with Crippen LogP contribution in [0.1, 0.15) is 36.8 Å². The maximum atomic E-state index is 10.2. The highest BCUT2D eigenvalue weighted by Gasteiger charge is 2.03. The van der Waals surface area contributed by atoms with Crippen LogP contribution in [0.4, 0.5) is 4.79 Å². The highest BCUT2D eigenvalue weighted by Crippen LogP contribution is 2.18. The molecule has 0 aliphatic rings. The average molecular weight is 297 g/mol. The highest BCUT2D eigenvalue weighted by molar-refractivity contribution is 5.64. The van der Waals surface area contributed by atoms with Crippen LogP contribution in [-0.2, 0) is 13.2 Å². The highest BCUT2D eigenvalue weighted by atomic mass is 16.5. The van der Waals surface area contributed by atoms with E-state index < -0.39 is 6.09 Å². The van der Waals surface area contributed by atoms with Gasteiger partial charge in [0.2, 0.25) is 0 Å². The van der Waals surface area contributed by atoms with E-state index in [-0.39, 0.29) is 13.2 Å². The summed E-state index contributed by atoms with van der Waals surface area (Å²) in [5, 5.41) is 29.0. The first-order valence-electron chi connectivity index (χ1n) is 7.10. The number of benzene rings is 1. The minimum Gasteiger partial charge on any atom is -0.494 e. The molecule has 4 N–H and O–H groups in total. The van der Waals surface area contributed by atoms with Crippen molar-refractivity contribution in [3.8, 4) is 5.75 Å². The lowest BCUT2D eigenvalue weighted by molar-refractivity contribution is 0.194. The van der Waals surface area contributed by atoms with Gasteiger partial charge in [0.05, 0.1) is 19.8 Å². The van der Waals surface area contributed by atoms with E-state index in [1.165, 1.54) is 0 Å². The van der Waals surface area contributed by atoms with Crippen molar-refractivity contribution < 1.29 is 24.9 Å². The largest absolute Gasteiger partial charge is 0.494 e. The molecule has 0 fully saturated rings. The zero-order chi connectivity index (χ0) is 15.5. The van der Waals surface area contributed by atoms with E-state index >= 15 is 0 Å². The Morgan fingerprint density at radius 2 is 1.76 bits per heavy atom. The summed E-state index contributed by atoms with van der Waals surface area (Å²) in [5.41, 5.74) is 1.38. The fraction of sp³-hybridized carbons (Fsp3) is 0.533. The summed E-state index contributed by atoms with van der Waals surface area (Å²) in [5.74, 6) is 0.684. The molecule has 0 saturated carbocycles. The van der Waals surface area contributed by atoms with E-state index in [9.17, 15) is 9.90 Å². The molecule has 0 heterocycles. The summed E-state index contributed by atoms with van der Waals surface area (Å²) in [6.07, 6.45) is 2.66. The zero-order valence-corrected chi connectivity index (χ0v) is 12.0. The van der Waals surface area contributed by atoms with Crippen LogP contribution in [0.5, 0.6) is 5.75 Å². The number of unbranched alkanes of at least 4 members (excludes halogenated alkanes) is 3. The molecule has 118 valence electrons. The Balaban J connectivity index is 2.16. The predicted octanol–water partition coefficient (Wildman–Crippen LogP) is 1.88. The lowest BCUT2D eigenvalue weighted by atomic mass is 10.1. The van der Waals surface area contributed by atoms with Gasteiger partial charge in [0.15, 0.2) is 0 Å². The van der Waals surface area contributed by atoms with Crippen LogP contribution in [0.3, 0.4) is 0 Å². The minimum absolute atomic E-state index is 0.0967. The van der Waals surface area contributed by atoms with Gasteiger partial charge in [-0.25, -0.2) is 4.79 Å². The molecular formula is C15H23NO5. The van der Waals surface area contributed by atoms with Crippen molar-refractivity contribution >= 4 is 6.09 Å². The second-order valence-corrected chi connectivity index (χ2v) is 4.74. The summed E-state index contributed by atoms with van der Waals surface area (Å²) < 4.78 is 5.59. The summed E-state index contributed by atoms with van der Waals surface area (Å²) >= 11 is 0. The predicted molar refractivity (Wildman–Crippen MR) is 78.3 cm³/mol. The maximum Gasteiger partial charge on any atom is 0.404 e. The SMILES string of the molecule is O=C(O)NCCCCCCOc1ccc(CO)c(CO)c1. The van der Waals surface area contributed by atoms with E-state index in [0.29, 0.717) is 30.0 Å². The number of rotatable bonds is 10. The van der Waals surface area contributed by atoms with E-state index in [0.717, 1.165) is 25.7 Å². The molecule has 1 aromatic rings. The van der Waals surface area contributed by atoms with Crippen molar-refractivity contribution in [1.29, 1.82) is 0 Å². The monoisotopic (exact) mass is 297 g/mol. The van der Waals surface area contributed by atoms with E-state index in [1.807, 2.05) is 0 Å². The Morgan fingerprint density at radius 3 is 2.43 bits per heavy atom. The van der Waals surface area contributed by atoms with E-state index in [1.54, 1.807) is 18.2 Å². The first kappa shape index (κ1) is 17.3. The Morgan fingerprint density at radius 1 is 1.05 bits per heavy atom. The van der Waals surface area contributed by atoms with Gasteiger partial charge in [0.1, 0.15) is 5.75 Å². The molecule has 0 radical (unpaired) electrons. The molecule has 6 nitrogen and oxygen atoms in total. The Kier molecular flexibility index (Phi) is 8.23. The number of aliphatic hydroxyl groups excluding tert-OH is 2. The van der Waals surface area contributed by atoms with Crippen LogP contribution in [0.25, 0.3) is 0 Å². The van der Waals surface area contributed by atoms with Gasteiger partial charge in [0.25, 0.3) is 0 Å². The topological polar surface area (TPSA) is 99.0 Å². The number of aliphatic hydroxyl groups is 2. The van der Waals surface area contributed by atoms with Crippen molar-refractivity contribution in [2.24, 2.45) is 0 Å². The van der Waals surface area contributed by atoms with Crippen LogP contribution in [0.15, 0.2) is 18.2 Å². The zero-order valence-electron chi connectivity index (χ0n) is 12.0. The molecule has 1 amide bonds. The Hall–Kier alpha value is -1.79. The van der Waals surface area contributed by atoms with Crippen LogP contribution < -0.4 is 10.1 Å². The van der Waals surface area contributed by atoms with Crippen LogP contribution >= 0.6 is 0 Å². The normalized spacial score (nSPS) is 10.4. The molecular weight excluding hydrogens is 274 g/mol. The third-order valence-electron chi connectivity index (χ3n) is 3.13. The number of carbonyl (C=O) groups is 1. The van der Waals surface area contributed by atoms with E-state index in [4.69, 9.17) is 14.9 Å². The summed E-state index contributed by atoms with van der Waals surface area (Å²) in [4.78, 5) is 10.2. The van der Waals surface area contributed by atoms with Gasteiger partial charge in [-0.1, -0.05) is 18.9 Å². The standard InChI is InChI=1S/C15H23NO5/c17-10-12-5-6-14(9-13(12)11-18)21-8-4-2-1-3-7-16-15(19)20/h5-6,9,16-18H,1-4,7-8,10-11H2,(H,19,20). The molecule has 0 unspecified atom stereocenters. The smallest absolute Gasteiger partial charge is 0.404 e. The van der Waals surface area contributed by atoms with Crippen molar-refractivity contribution in [1.82, 2.24) is 5.32 Å². The minimum atomic E-state index is -0.982. The van der Waals surface area contributed by atoms with Crippen molar-refractivity contribution in [3.63, 3.8) is 0 Å². The first-order valence-corrected chi connectivity index (χ1v) is 7.10. The maximum absolute atomic E-state index is 10.2. The number of hydrogen-bond acceptors (Lipinski definition) is 4. The molecule has 0 saturated heterocycles. The fourth-order valence-electron chi connectivity index (χ4n) is 1.96. The van der Waals surface area contributed by atoms with Gasteiger partial charge in [-0.3, -0.25) is 0 Å². The fourth-order valence-corrected chi connectivity index (χ4v) is 1.96. The second-order valence-electron chi connectivity index (χ2n) is 4.74. The third-order valence-corrected chi connectivity index (χ3v) is 3.13. The van der Waals surface area contributed by atoms with Crippen LogP contribution in [-0.4, -0.2) is 34.6 Å². The van der Waals surface area contributed by atoms with Gasteiger partial charge in [-0.15, -0.1) is 0 Å². The Bertz CT molecular complexity index is 436. The second kappa shape index (κ2) is 10.0. The number of carboxylic acid groups (broad SMARTS) is 1. The van der Waals surface area contributed by atoms with Gasteiger partial charge in [-0.2, -0.15) is 0 Å². The lowest BCUT2D eigenvalue weighted by Crippen LogP contribution is -2.21. The van der Waals surface area contributed by atoms with E-state index in [2.05, 4.69) is 5.32 Å². The molecule has 0 aliphatic heterocycles. The molecule has 0 atom stereocenters.